The molecule has 2 amide bonds. The van der Waals surface area contributed by atoms with E-state index in [0.29, 0.717) is 17.8 Å². The lowest BCUT2D eigenvalue weighted by Crippen LogP contribution is -2.44. The summed E-state index contributed by atoms with van der Waals surface area (Å²) in [6.07, 6.45) is 8.31. The minimum absolute atomic E-state index is 0.0245. The molecule has 4 aliphatic rings. The SMILES string of the molecule is O=C(Nc1ccn(-c2ccccc2)n1)N1CC2CC3CC(C2)CC1C3. The van der Waals surface area contributed by atoms with Gasteiger partial charge in [0.25, 0.3) is 0 Å². The fraction of sp³-hybridized carbons (Fsp3) is 0.500. The van der Waals surface area contributed by atoms with Gasteiger partial charge in [-0.2, -0.15) is 0 Å². The van der Waals surface area contributed by atoms with E-state index in [0.717, 1.165) is 24.1 Å². The lowest BCUT2D eigenvalue weighted by Gasteiger charge is -2.38. The van der Waals surface area contributed by atoms with E-state index in [-0.39, 0.29) is 6.03 Å². The predicted octanol–water partition coefficient (Wildman–Crippen LogP) is 3.91. The number of benzene rings is 1. The first-order valence-electron chi connectivity index (χ1n) is 9.43. The Kier molecular flexibility index (Phi) is 3.54. The molecule has 6 rings (SSSR count). The summed E-state index contributed by atoms with van der Waals surface area (Å²) in [6, 6.07) is 12.3. The lowest BCUT2D eigenvalue weighted by molar-refractivity contribution is 0.136. The first kappa shape index (κ1) is 15.0. The van der Waals surface area contributed by atoms with Gasteiger partial charge in [-0.1, -0.05) is 18.2 Å². The van der Waals surface area contributed by atoms with E-state index in [1.165, 1.54) is 32.1 Å². The van der Waals surface area contributed by atoms with E-state index < -0.39 is 0 Å². The quantitative estimate of drug-likeness (QED) is 0.904. The highest BCUT2D eigenvalue weighted by Gasteiger charge is 2.44. The van der Waals surface area contributed by atoms with Crippen LogP contribution in [0.4, 0.5) is 10.6 Å². The third kappa shape index (κ3) is 2.81. The molecule has 4 fully saturated rings. The van der Waals surface area contributed by atoms with Crippen LogP contribution in [0.2, 0.25) is 0 Å². The molecular formula is C20H24N4O. The average Bonchev–Trinajstić information content (AvgIpc) is 2.98. The van der Waals surface area contributed by atoms with Crippen molar-refractivity contribution in [3.63, 3.8) is 0 Å². The van der Waals surface area contributed by atoms with Crippen LogP contribution in [0.15, 0.2) is 42.6 Å². The standard InChI is InChI=1S/C20H24N4O/c25-20(21-19-6-7-24(22-19)17-4-2-1-3-5-17)23-13-16-9-14-8-15(10-16)12-18(23)11-14/h1-7,14-16,18H,8-13H2,(H,21,22,25). The van der Waals surface area contributed by atoms with Crippen LogP contribution >= 0.6 is 0 Å². The van der Waals surface area contributed by atoms with Crippen molar-refractivity contribution >= 4 is 11.8 Å². The van der Waals surface area contributed by atoms with Crippen molar-refractivity contribution in [2.75, 3.05) is 11.9 Å². The number of anilines is 1. The average molecular weight is 336 g/mol. The molecule has 130 valence electrons. The molecule has 2 aliphatic heterocycles. The molecule has 4 bridgehead atoms. The van der Waals surface area contributed by atoms with E-state index in [1.807, 2.05) is 42.6 Å². The summed E-state index contributed by atoms with van der Waals surface area (Å²) in [4.78, 5) is 15.0. The van der Waals surface area contributed by atoms with Crippen LogP contribution in [0.3, 0.4) is 0 Å². The first-order valence-corrected chi connectivity index (χ1v) is 9.43. The number of urea groups is 1. The Hall–Kier alpha value is -2.30. The highest BCUT2D eigenvalue weighted by Crippen LogP contribution is 2.47. The molecule has 0 radical (unpaired) electrons. The Balaban J connectivity index is 1.31. The maximum absolute atomic E-state index is 12.9. The van der Waals surface area contributed by atoms with Gasteiger partial charge in [0, 0.05) is 24.8 Å². The van der Waals surface area contributed by atoms with Crippen LogP contribution in [0.1, 0.15) is 32.1 Å². The zero-order chi connectivity index (χ0) is 16.8. The fourth-order valence-electron chi connectivity index (χ4n) is 5.33. The summed E-state index contributed by atoms with van der Waals surface area (Å²) < 4.78 is 1.80. The molecule has 25 heavy (non-hydrogen) atoms. The van der Waals surface area contributed by atoms with Crippen molar-refractivity contribution in [1.29, 1.82) is 0 Å². The lowest BCUT2D eigenvalue weighted by atomic mass is 9.68. The van der Waals surface area contributed by atoms with Crippen molar-refractivity contribution in [1.82, 2.24) is 14.7 Å². The monoisotopic (exact) mass is 336 g/mol. The molecule has 5 nitrogen and oxygen atoms in total. The molecule has 2 atom stereocenters. The fourth-order valence-corrected chi connectivity index (χ4v) is 5.33. The number of rotatable bonds is 2. The van der Waals surface area contributed by atoms with Crippen molar-refractivity contribution in [2.45, 2.75) is 38.1 Å². The Morgan fingerprint density at radius 3 is 2.44 bits per heavy atom. The molecule has 0 spiro atoms. The van der Waals surface area contributed by atoms with Gasteiger partial charge in [-0.3, -0.25) is 5.32 Å². The molecular weight excluding hydrogens is 312 g/mol. The third-order valence-corrected chi connectivity index (χ3v) is 6.21. The molecule has 1 aromatic carbocycles. The largest absolute Gasteiger partial charge is 0.323 e. The Morgan fingerprint density at radius 2 is 1.68 bits per heavy atom. The first-order chi connectivity index (χ1) is 12.2. The highest BCUT2D eigenvalue weighted by atomic mass is 16.2. The zero-order valence-corrected chi connectivity index (χ0v) is 14.3. The van der Waals surface area contributed by atoms with Crippen LogP contribution in [-0.2, 0) is 0 Å². The summed E-state index contributed by atoms with van der Waals surface area (Å²) in [5.74, 6) is 3.01. The number of nitrogens with zero attached hydrogens (tertiary/aromatic N) is 3. The van der Waals surface area contributed by atoms with E-state index in [4.69, 9.17) is 0 Å². The zero-order valence-electron chi connectivity index (χ0n) is 14.3. The molecule has 5 heteroatoms. The minimum atomic E-state index is 0.0245. The minimum Gasteiger partial charge on any atom is -0.321 e. The van der Waals surface area contributed by atoms with Crippen LogP contribution < -0.4 is 5.32 Å². The Bertz CT molecular complexity index is 757. The Morgan fingerprint density at radius 1 is 0.960 bits per heavy atom. The van der Waals surface area contributed by atoms with Gasteiger partial charge < -0.3 is 4.90 Å². The number of nitrogens with one attached hydrogen (secondary N) is 1. The second-order valence-electron chi connectivity index (χ2n) is 7.99. The van der Waals surface area contributed by atoms with Crippen molar-refractivity contribution in [2.24, 2.45) is 17.8 Å². The van der Waals surface area contributed by atoms with Crippen LogP contribution in [-0.4, -0.2) is 33.3 Å². The number of hydrogen-bond acceptors (Lipinski definition) is 2. The molecule has 2 saturated carbocycles. The molecule has 2 aromatic rings. The van der Waals surface area contributed by atoms with Gasteiger partial charge in [0.15, 0.2) is 5.82 Å². The van der Waals surface area contributed by atoms with Crippen molar-refractivity contribution in [3.05, 3.63) is 42.6 Å². The second-order valence-corrected chi connectivity index (χ2v) is 7.99. The van der Waals surface area contributed by atoms with E-state index in [9.17, 15) is 4.79 Å². The highest BCUT2D eigenvalue weighted by molar-refractivity contribution is 5.88. The van der Waals surface area contributed by atoms with Gasteiger partial charge in [-0.25, -0.2) is 9.48 Å². The molecule has 2 aliphatic carbocycles. The van der Waals surface area contributed by atoms with Crippen molar-refractivity contribution in [3.8, 4) is 5.69 Å². The number of amides is 2. The van der Waals surface area contributed by atoms with E-state index in [1.54, 1.807) is 4.68 Å². The molecule has 3 heterocycles. The number of carbonyl (C=O) groups excluding carboxylic acids is 1. The number of aromatic nitrogens is 2. The maximum Gasteiger partial charge on any atom is 0.323 e. The van der Waals surface area contributed by atoms with Crippen LogP contribution in [0, 0.1) is 17.8 Å². The molecule has 1 N–H and O–H groups in total. The van der Waals surface area contributed by atoms with Crippen LogP contribution in [0.5, 0.6) is 0 Å². The Labute approximate surface area is 148 Å². The van der Waals surface area contributed by atoms with E-state index >= 15 is 0 Å². The van der Waals surface area contributed by atoms with Gasteiger partial charge in [0.2, 0.25) is 0 Å². The van der Waals surface area contributed by atoms with Gasteiger partial charge in [-0.15, -0.1) is 5.10 Å². The van der Waals surface area contributed by atoms with Gasteiger partial charge >= 0.3 is 6.03 Å². The van der Waals surface area contributed by atoms with Gasteiger partial charge in [-0.05, 0) is 62.0 Å². The number of fused-ring (bicyclic) bond motifs is 1. The summed E-state index contributed by atoms with van der Waals surface area (Å²) >= 11 is 0. The molecule has 1 aromatic heterocycles. The summed E-state index contributed by atoms with van der Waals surface area (Å²) in [5, 5.41) is 7.53. The maximum atomic E-state index is 12.9. The van der Waals surface area contributed by atoms with Gasteiger partial charge in [0.05, 0.1) is 5.69 Å². The van der Waals surface area contributed by atoms with E-state index in [2.05, 4.69) is 15.3 Å². The second kappa shape index (κ2) is 5.90. The number of hydrogen-bond donors (Lipinski definition) is 1. The summed E-state index contributed by atoms with van der Waals surface area (Å²) in [5.41, 5.74) is 0.994. The topological polar surface area (TPSA) is 50.2 Å². The third-order valence-electron chi connectivity index (χ3n) is 6.21. The summed E-state index contributed by atoms with van der Waals surface area (Å²) in [7, 11) is 0. The number of para-hydroxylation sites is 1. The smallest absolute Gasteiger partial charge is 0.321 e. The molecule has 2 unspecified atom stereocenters. The predicted molar refractivity (Wildman–Crippen MR) is 96.6 cm³/mol. The summed E-state index contributed by atoms with van der Waals surface area (Å²) in [6.45, 7) is 0.920. The molecule has 2 saturated heterocycles. The van der Waals surface area contributed by atoms with Gasteiger partial charge in [0.1, 0.15) is 0 Å². The number of carbonyl (C=O) groups is 1. The van der Waals surface area contributed by atoms with Crippen molar-refractivity contribution < 1.29 is 4.79 Å². The normalized spacial score (nSPS) is 30.3. The van der Waals surface area contributed by atoms with Crippen LogP contribution in [0.25, 0.3) is 5.69 Å².